The topological polar surface area (TPSA) is 114 Å². The third-order valence-electron chi connectivity index (χ3n) is 4.45. The van der Waals surface area contributed by atoms with Crippen LogP contribution in [0.25, 0.3) is 11.0 Å². The van der Waals surface area contributed by atoms with Gasteiger partial charge in [0.2, 0.25) is 0 Å². The molecule has 2 aromatic heterocycles. The zero-order chi connectivity index (χ0) is 23.8. The molecule has 8 nitrogen and oxygen atoms in total. The molecule has 1 atom stereocenters. The average molecular weight is 480 g/mol. The first-order valence-electron chi connectivity index (χ1n) is 9.46. The second-order valence-electron chi connectivity index (χ2n) is 7.87. The lowest BCUT2D eigenvalue weighted by molar-refractivity contribution is 0.0593. The molecule has 3 aromatic rings. The number of pyridine rings is 1. The van der Waals surface area contributed by atoms with Gasteiger partial charge in [0.15, 0.2) is 11.5 Å². The van der Waals surface area contributed by atoms with Crippen LogP contribution in [0, 0.1) is 5.82 Å². The van der Waals surface area contributed by atoms with Gasteiger partial charge in [-0.3, -0.25) is 0 Å². The Balaban J connectivity index is 2.32. The number of ether oxygens (including phenoxy) is 1. The molecular weight excluding hydrogens is 457 g/mol. The summed E-state index contributed by atoms with van der Waals surface area (Å²) >= 11 is -1.68. The summed E-state index contributed by atoms with van der Waals surface area (Å²) in [5.41, 5.74) is -0.749. The highest BCUT2D eigenvalue weighted by molar-refractivity contribution is 7.91. The fraction of sp³-hybridized carbons (Fsp3) is 0.286. The Bertz CT molecular complexity index is 1310. The Morgan fingerprint density at radius 3 is 2.41 bits per heavy atom. The molecule has 32 heavy (non-hydrogen) atoms. The van der Waals surface area contributed by atoms with Crippen LogP contribution in [-0.4, -0.2) is 45.5 Å². The van der Waals surface area contributed by atoms with Gasteiger partial charge in [-0.1, -0.05) is 22.6 Å². The van der Waals surface area contributed by atoms with Gasteiger partial charge in [-0.2, -0.15) is 0 Å². The van der Waals surface area contributed by atoms with Crippen molar-refractivity contribution in [2.24, 2.45) is 4.40 Å². The quantitative estimate of drug-likeness (QED) is 0.315. The number of halogens is 1. The number of methoxy groups -OCH3 is 1. The molecule has 0 saturated heterocycles. The number of nitrogens with zero attached hydrogens (tertiary/aromatic N) is 3. The van der Waals surface area contributed by atoms with Crippen molar-refractivity contribution in [2.45, 2.75) is 37.3 Å². The second kappa shape index (κ2) is 8.64. The Morgan fingerprint density at radius 1 is 1.22 bits per heavy atom. The number of fused-ring (bicyclic) bond motifs is 1. The lowest BCUT2D eigenvalue weighted by Crippen LogP contribution is -2.27. The highest BCUT2D eigenvalue weighted by Crippen LogP contribution is 2.27. The molecule has 0 saturated carbocycles. The summed E-state index contributed by atoms with van der Waals surface area (Å²) in [5.74, 6) is -1.72. The van der Waals surface area contributed by atoms with Crippen molar-refractivity contribution in [2.75, 3.05) is 7.11 Å². The molecule has 0 bridgehead atoms. The minimum Gasteiger partial charge on any atom is -0.591 e. The smallest absolute Gasteiger partial charge is 0.355 e. The molecule has 11 heteroatoms. The predicted molar refractivity (Wildman–Crippen MR) is 120 cm³/mol. The summed E-state index contributed by atoms with van der Waals surface area (Å²) in [6.45, 7) is 6.58. The molecule has 3 rings (SSSR count). The first kappa shape index (κ1) is 23.9. The van der Waals surface area contributed by atoms with Gasteiger partial charge < -0.3 is 9.29 Å². The van der Waals surface area contributed by atoms with Crippen LogP contribution >= 0.6 is 0 Å². The molecule has 1 unspecified atom stereocenters. The van der Waals surface area contributed by atoms with Crippen molar-refractivity contribution < 1.29 is 26.9 Å². The van der Waals surface area contributed by atoms with Gasteiger partial charge in [0.05, 0.1) is 12.0 Å². The largest absolute Gasteiger partial charge is 0.591 e. The third-order valence-corrected chi connectivity index (χ3v) is 7.66. The summed E-state index contributed by atoms with van der Waals surface area (Å²) in [6, 6.07) is 9.70. The van der Waals surface area contributed by atoms with Crippen LogP contribution in [0.4, 0.5) is 4.39 Å². The van der Waals surface area contributed by atoms with Gasteiger partial charge in [-0.15, -0.1) is 0 Å². The van der Waals surface area contributed by atoms with Crippen LogP contribution < -0.4 is 0 Å². The molecule has 0 aliphatic rings. The summed E-state index contributed by atoms with van der Waals surface area (Å²) < 4.78 is 62.8. The molecular formula is C21H22FN3O5S2. The SMILES string of the molecule is COC(=O)c1cc2cc(F)c(C(C)=N[S+]([O-])C(C)(C)C)nc2n1S(=O)(=O)c1ccccc1. The Morgan fingerprint density at radius 2 is 1.84 bits per heavy atom. The number of hydrogen-bond acceptors (Lipinski definition) is 7. The summed E-state index contributed by atoms with van der Waals surface area (Å²) in [4.78, 5) is 16.4. The van der Waals surface area contributed by atoms with Gasteiger partial charge in [-0.05, 0) is 52.0 Å². The molecule has 0 spiro atoms. The van der Waals surface area contributed by atoms with E-state index in [9.17, 15) is 22.2 Å². The zero-order valence-corrected chi connectivity index (χ0v) is 19.8. The van der Waals surface area contributed by atoms with Crippen molar-refractivity contribution in [1.82, 2.24) is 8.96 Å². The van der Waals surface area contributed by atoms with E-state index in [1.165, 1.54) is 37.3 Å². The maximum absolute atomic E-state index is 14.8. The monoisotopic (exact) mass is 479 g/mol. The molecule has 1 aromatic carbocycles. The van der Waals surface area contributed by atoms with Gasteiger partial charge in [-0.25, -0.2) is 26.6 Å². The molecule has 0 aliphatic carbocycles. The summed E-state index contributed by atoms with van der Waals surface area (Å²) in [5, 5.41) is 0.0795. The standard InChI is InChI=1S/C21H22FN3O5S2/c1-13(24-31(27)21(2,3)4)18-16(22)11-14-12-17(20(26)30-5)25(19(14)23-18)32(28,29)15-9-7-6-8-10-15/h6-12H,1-5H3. The number of esters is 1. The van der Waals surface area contributed by atoms with E-state index in [2.05, 4.69) is 9.38 Å². The van der Waals surface area contributed by atoms with E-state index < -0.39 is 37.9 Å². The maximum Gasteiger partial charge on any atom is 0.355 e. The fourth-order valence-corrected chi connectivity index (χ4v) is 4.91. The summed E-state index contributed by atoms with van der Waals surface area (Å²) in [7, 11) is -3.17. The van der Waals surface area contributed by atoms with Crippen LogP contribution in [0.1, 0.15) is 43.9 Å². The van der Waals surface area contributed by atoms with Crippen LogP contribution in [-0.2, 0) is 26.1 Å². The first-order chi connectivity index (χ1) is 14.9. The predicted octanol–water partition coefficient (Wildman–Crippen LogP) is 3.47. The van der Waals surface area contributed by atoms with E-state index in [4.69, 9.17) is 4.74 Å². The van der Waals surface area contributed by atoms with Gasteiger partial charge in [0.25, 0.3) is 10.0 Å². The highest BCUT2D eigenvalue weighted by atomic mass is 32.2. The van der Waals surface area contributed by atoms with Crippen LogP contribution in [0.3, 0.4) is 0 Å². The van der Waals surface area contributed by atoms with Crippen molar-refractivity contribution in [3.63, 3.8) is 0 Å². The number of carbonyl (C=O) groups excluding carboxylic acids is 1. The number of aromatic nitrogens is 2. The van der Waals surface area contributed by atoms with Gasteiger partial charge >= 0.3 is 5.97 Å². The number of hydrogen-bond donors (Lipinski definition) is 0. The average Bonchev–Trinajstić information content (AvgIpc) is 3.11. The molecule has 0 aliphatic heterocycles. The van der Waals surface area contributed by atoms with Crippen LogP contribution in [0.5, 0.6) is 0 Å². The van der Waals surface area contributed by atoms with E-state index in [0.717, 1.165) is 17.1 Å². The number of rotatable bonds is 5. The second-order valence-corrected chi connectivity index (χ2v) is 11.6. The Hall–Kier alpha value is -2.76. The number of carbonyl (C=O) groups is 1. The molecule has 0 amide bonds. The third kappa shape index (κ3) is 4.41. The molecule has 0 N–H and O–H groups in total. The van der Waals surface area contributed by atoms with E-state index in [0.29, 0.717) is 0 Å². The molecule has 170 valence electrons. The molecule has 0 radical (unpaired) electrons. The Labute approximate surface area is 188 Å². The fourth-order valence-electron chi connectivity index (χ4n) is 2.83. The van der Waals surface area contributed by atoms with E-state index >= 15 is 0 Å². The van der Waals surface area contributed by atoms with Crippen molar-refractivity contribution in [3.8, 4) is 0 Å². The van der Waals surface area contributed by atoms with Crippen molar-refractivity contribution in [1.29, 1.82) is 0 Å². The van der Waals surface area contributed by atoms with Crippen LogP contribution in [0.15, 0.2) is 51.8 Å². The zero-order valence-electron chi connectivity index (χ0n) is 18.1. The first-order valence-corrected chi connectivity index (χ1v) is 12.0. The lowest BCUT2D eigenvalue weighted by atomic mass is 10.2. The minimum atomic E-state index is -4.28. The molecule has 2 heterocycles. The lowest BCUT2D eigenvalue weighted by Gasteiger charge is -2.18. The maximum atomic E-state index is 14.8. The van der Waals surface area contributed by atoms with E-state index in [-0.39, 0.29) is 33.0 Å². The normalized spacial score (nSPS) is 13.9. The van der Waals surface area contributed by atoms with E-state index in [1.807, 2.05) is 0 Å². The Kier molecular flexibility index (Phi) is 6.45. The van der Waals surface area contributed by atoms with Crippen LogP contribution in [0.2, 0.25) is 0 Å². The van der Waals surface area contributed by atoms with Crippen molar-refractivity contribution >= 4 is 44.1 Å². The van der Waals surface area contributed by atoms with E-state index in [1.54, 1.807) is 26.8 Å². The van der Waals surface area contributed by atoms with Gasteiger partial charge in [0, 0.05) is 5.39 Å². The highest BCUT2D eigenvalue weighted by Gasteiger charge is 2.30. The minimum absolute atomic E-state index is 0.0298. The molecule has 0 fully saturated rings. The summed E-state index contributed by atoms with van der Waals surface area (Å²) in [6.07, 6.45) is 0. The van der Waals surface area contributed by atoms with Gasteiger partial charge in [0.1, 0.15) is 33.2 Å². The van der Waals surface area contributed by atoms with Crippen molar-refractivity contribution in [3.05, 3.63) is 59.7 Å². The number of benzene rings is 1.